The van der Waals surface area contributed by atoms with Gasteiger partial charge in [0.15, 0.2) is 5.11 Å². The van der Waals surface area contributed by atoms with Crippen LogP contribution in [0.4, 0.5) is 5.69 Å². The van der Waals surface area contributed by atoms with Gasteiger partial charge in [0.05, 0.1) is 24.4 Å². The van der Waals surface area contributed by atoms with E-state index in [0.29, 0.717) is 27.8 Å². The number of halogens is 1. The summed E-state index contributed by atoms with van der Waals surface area (Å²) in [5.41, 5.74) is 2.88. The molecule has 0 bridgehead atoms. The molecule has 34 heavy (non-hydrogen) atoms. The number of carbonyl (C=O) groups is 1. The van der Waals surface area contributed by atoms with E-state index in [4.69, 9.17) is 21.4 Å². The summed E-state index contributed by atoms with van der Waals surface area (Å²) in [4.78, 5) is 18.9. The van der Waals surface area contributed by atoms with Gasteiger partial charge in [0.1, 0.15) is 17.6 Å². The Morgan fingerprint density at radius 1 is 1.06 bits per heavy atom. The average molecular weight is 534 g/mol. The summed E-state index contributed by atoms with van der Waals surface area (Å²) < 4.78 is 12.3. The minimum atomic E-state index is -0.417. The summed E-state index contributed by atoms with van der Waals surface area (Å²) in [6.07, 6.45) is 1.76. The van der Waals surface area contributed by atoms with E-state index >= 15 is 0 Å². The Labute approximate surface area is 210 Å². The van der Waals surface area contributed by atoms with Crippen molar-refractivity contribution >= 4 is 44.9 Å². The monoisotopic (exact) mass is 533 g/mol. The van der Waals surface area contributed by atoms with Crippen molar-refractivity contribution in [2.75, 3.05) is 12.0 Å². The van der Waals surface area contributed by atoms with E-state index in [1.807, 2.05) is 71.6 Å². The predicted molar refractivity (Wildman–Crippen MR) is 138 cm³/mol. The minimum absolute atomic E-state index is 0.229. The molecule has 1 aliphatic heterocycles. The number of ether oxygens (including phenoxy) is 1. The molecule has 3 heterocycles. The summed E-state index contributed by atoms with van der Waals surface area (Å²) in [6.45, 7) is 0. The van der Waals surface area contributed by atoms with Crippen LogP contribution in [0.1, 0.15) is 33.9 Å². The van der Waals surface area contributed by atoms with Crippen molar-refractivity contribution < 1.29 is 13.9 Å². The molecule has 2 aromatic carbocycles. The van der Waals surface area contributed by atoms with Gasteiger partial charge in [0, 0.05) is 21.9 Å². The highest BCUT2D eigenvalue weighted by molar-refractivity contribution is 9.10. The average Bonchev–Trinajstić information content (AvgIpc) is 3.49. The molecule has 1 saturated heterocycles. The highest BCUT2D eigenvalue weighted by Gasteiger charge is 2.42. The smallest absolute Gasteiger partial charge is 0.338 e. The molecule has 0 radical (unpaired) electrons. The summed E-state index contributed by atoms with van der Waals surface area (Å²) >= 11 is 9.25. The second kappa shape index (κ2) is 9.40. The van der Waals surface area contributed by atoms with E-state index in [-0.39, 0.29) is 12.1 Å². The van der Waals surface area contributed by atoms with Gasteiger partial charge in [-0.1, -0.05) is 40.2 Å². The number of hydrogen-bond acceptors (Lipinski definition) is 5. The van der Waals surface area contributed by atoms with Gasteiger partial charge in [0.25, 0.3) is 0 Å². The predicted octanol–water partition coefficient (Wildman–Crippen LogP) is 6.07. The van der Waals surface area contributed by atoms with Crippen LogP contribution in [-0.2, 0) is 4.74 Å². The number of hydrogen-bond donors (Lipinski definition) is 1. The zero-order chi connectivity index (χ0) is 23.7. The molecule has 0 saturated carbocycles. The number of nitrogens with one attached hydrogen (secondary N) is 1. The van der Waals surface area contributed by atoms with Gasteiger partial charge in [-0.2, -0.15) is 0 Å². The number of pyridine rings is 1. The summed E-state index contributed by atoms with van der Waals surface area (Å²) in [6, 6.07) is 24.3. The molecule has 0 amide bonds. The lowest BCUT2D eigenvalue weighted by atomic mass is 10.0. The number of aromatic nitrogens is 1. The van der Waals surface area contributed by atoms with Crippen LogP contribution in [0.25, 0.3) is 11.3 Å². The van der Waals surface area contributed by atoms with Crippen LogP contribution in [0.2, 0.25) is 0 Å². The molecule has 0 aliphatic carbocycles. The van der Waals surface area contributed by atoms with Gasteiger partial charge in [-0.15, -0.1) is 0 Å². The molecular formula is C26H20BrN3O3S. The van der Waals surface area contributed by atoms with Gasteiger partial charge >= 0.3 is 5.97 Å². The third kappa shape index (κ3) is 4.10. The fraction of sp³-hybridized carbons (Fsp3) is 0.115. The largest absolute Gasteiger partial charge is 0.465 e. The maximum absolute atomic E-state index is 12.3. The third-order valence-corrected chi connectivity index (χ3v) is 6.56. The maximum Gasteiger partial charge on any atom is 0.338 e. The highest BCUT2D eigenvalue weighted by atomic mass is 79.9. The van der Waals surface area contributed by atoms with Crippen LogP contribution >= 0.6 is 28.1 Å². The second-order valence-electron chi connectivity index (χ2n) is 7.71. The topological polar surface area (TPSA) is 67.6 Å². The number of carbonyl (C=O) groups excluding carboxylic acids is 1. The van der Waals surface area contributed by atoms with Gasteiger partial charge in [0.2, 0.25) is 0 Å². The lowest BCUT2D eigenvalue weighted by molar-refractivity contribution is 0.0601. The van der Waals surface area contributed by atoms with E-state index < -0.39 is 5.97 Å². The van der Waals surface area contributed by atoms with Crippen LogP contribution in [0.5, 0.6) is 0 Å². The second-order valence-corrected chi connectivity index (χ2v) is 9.01. The normalized spacial score (nSPS) is 17.5. The molecule has 4 aromatic rings. The highest BCUT2D eigenvalue weighted by Crippen LogP contribution is 2.43. The number of nitrogens with zero attached hydrogens (tertiary/aromatic N) is 2. The van der Waals surface area contributed by atoms with Crippen LogP contribution in [0.3, 0.4) is 0 Å². The van der Waals surface area contributed by atoms with Crippen molar-refractivity contribution in [1.29, 1.82) is 0 Å². The number of thiocarbonyl (C=S) groups is 1. The van der Waals surface area contributed by atoms with Crippen molar-refractivity contribution in [3.8, 4) is 11.3 Å². The summed E-state index contributed by atoms with van der Waals surface area (Å²) in [7, 11) is 1.37. The quantitative estimate of drug-likeness (QED) is 0.246. The van der Waals surface area contributed by atoms with Crippen molar-refractivity contribution in [2.45, 2.75) is 12.1 Å². The zero-order valence-corrected chi connectivity index (χ0v) is 20.5. The Hall–Kier alpha value is -3.49. The first-order valence-electron chi connectivity index (χ1n) is 10.6. The first kappa shape index (κ1) is 22.3. The van der Waals surface area contributed by atoms with E-state index in [1.165, 1.54) is 7.11 Å². The lowest BCUT2D eigenvalue weighted by Gasteiger charge is -2.26. The number of esters is 1. The number of furan rings is 1. The first-order valence-corrected chi connectivity index (χ1v) is 11.8. The Morgan fingerprint density at radius 3 is 2.56 bits per heavy atom. The van der Waals surface area contributed by atoms with Gasteiger partial charge in [-0.3, -0.25) is 4.98 Å². The molecule has 5 rings (SSSR count). The minimum Gasteiger partial charge on any atom is -0.465 e. The van der Waals surface area contributed by atoms with Crippen molar-refractivity contribution in [2.24, 2.45) is 0 Å². The Kier molecular flexibility index (Phi) is 6.17. The summed E-state index contributed by atoms with van der Waals surface area (Å²) in [5, 5.41) is 4.00. The van der Waals surface area contributed by atoms with Gasteiger partial charge in [-0.05, 0) is 66.8 Å². The van der Waals surface area contributed by atoms with Crippen molar-refractivity contribution in [3.63, 3.8) is 0 Å². The molecule has 2 atom stereocenters. The Balaban J connectivity index is 1.60. The number of rotatable bonds is 5. The van der Waals surface area contributed by atoms with E-state index in [9.17, 15) is 4.79 Å². The third-order valence-electron chi connectivity index (χ3n) is 5.72. The molecule has 1 fully saturated rings. The standard InChI is InChI=1S/C26H20BrN3O3S/c1-32-25(31)19-7-3-2-6-18(19)21-13-14-22(33-21)24-23(20-8-4-5-15-28-20)29-26(34)30(24)17-11-9-16(27)10-12-17/h2-15,23-24H,1H3,(H,29,34)/t23-,24+/m1/s1. The number of benzene rings is 2. The zero-order valence-electron chi connectivity index (χ0n) is 18.1. The molecule has 8 heteroatoms. The Morgan fingerprint density at radius 2 is 1.82 bits per heavy atom. The lowest BCUT2D eigenvalue weighted by Crippen LogP contribution is -2.29. The van der Waals surface area contributed by atoms with Crippen molar-refractivity contribution in [1.82, 2.24) is 10.3 Å². The molecule has 170 valence electrons. The number of anilines is 1. The molecule has 0 unspecified atom stereocenters. The van der Waals surface area contributed by atoms with E-state index in [2.05, 4.69) is 26.2 Å². The van der Waals surface area contributed by atoms with Crippen LogP contribution in [0, 0.1) is 0 Å². The maximum atomic E-state index is 12.3. The van der Waals surface area contributed by atoms with Crippen LogP contribution in [-0.4, -0.2) is 23.2 Å². The molecule has 1 aliphatic rings. The van der Waals surface area contributed by atoms with E-state index in [1.54, 1.807) is 18.3 Å². The van der Waals surface area contributed by atoms with Gasteiger partial charge in [-0.25, -0.2) is 4.79 Å². The number of methoxy groups -OCH3 is 1. The molecule has 1 N–H and O–H groups in total. The summed E-state index contributed by atoms with van der Waals surface area (Å²) in [5.74, 6) is 0.852. The fourth-order valence-electron chi connectivity index (χ4n) is 4.17. The molecular weight excluding hydrogens is 514 g/mol. The van der Waals surface area contributed by atoms with Crippen LogP contribution in [0.15, 0.2) is 93.9 Å². The SMILES string of the molecule is COC(=O)c1ccccc1-c1ccc([C@H]2[C@@H](c3ccccn3)NC(=S)N2c2ccc(Br)cc2)o1. The van der Waals surface area contributed by atoms with Gasteiger partial charge < -0.3 is 19.4 Å². The fourth-order valence-corrected chi connectivity index (χ4v) is 4.78. The van der Waals surface area contributed by atoms with Crippen molar-refractivity contribution in [3.05, 3.63) is 107 Å². The Bertz CT molecular complexity index is 1340. The molecule has 6 nitrogen and oxygen atoms in total. The van der Waals surface area contributed by atoms with E-state index in [0.717, 1.165) is 15.9 Å². The molecule has 2 aromatic heterocycles. The first-order chi connectivity index (χ1) is 16.6. The molecule has 0 spiro atoms. The van der Waals surface area contributed by atoms with Crippen LogP contribution < -0.4 is 10.2 Å².